The van der Waals surface area contributed by atoms with Crippen LogP contribution >= 0.6 is 0 Å². The fraction of sp³-hybridized carbons (Fsp3) is 0.600. The molecule has 0 atom stereocenters. The van der Waals surface area contributed by atoms with Crippen LogP contribution in [0.1, 0.15) is 23.4 Å². The van der Waals surface area contributed by atoms with Gasteiger partial charge in [-0.1, -0.05) is 0 Å². The van der Waals surface area contributed by atoms with E-state index >= 15 is 0 Å². The molecule has 1 aromatic rings. The van der Waals surface area contributed by atoms with Gasteiger partial charge in [-0.05, 0) is 25.0 Å². The zero-order valence-electron chi connectivity index (χ0n) is 12.8. The first-order valence-electron chi connectivity index (χ1n) is 7.78. The number of furan rings is 1. The Hall–Kier alpha value is -1.83. The van der Waals surface area contributed by atoms with Crippen LogP contribution in [0.2, 0.25) is 0 Å². The van der Waals surface area contributed by atoms with Crippen LogP contribution in [0.3, 0.4) is 0 Å². The molecule has 2 amide bonds. The molecular weight excluding hydrogens is 320 g/mol. The van der Waals surface area contributed by atoms with Crippen molar-refractivity contribution in [2.45, 2.75) is 12.8 Å². The zero-order chi connectivity index (χ0) is 16.4. The minimum absolute atomic E-state index is 0.0185. The summed E-state index contributed by atoms with van der Waals surface area (Å²) in [5.74, 6) is 0.157. The van der Waals surface area contributed by atoms with E-state index in [-0.39, 0.29) is 29.2 Å². The number of amides is 2. The van der Waals surface area contributed by atoms with Crippen LogP contribution in [0.5, 0.6) is 0 Å². The number of sulfone groups is 1. The minimum Gasteiger partial charge on any atom is -0.459 e. The van der Waals surface area contributed by atoms with Crippen LogP contribution < -0.4 is 0 Å². The van der Waals surface area contributed by atoms with Crippen LogP contribution in [0.4, 0.5) is 0 Å². The predicted molar refractivity (Wildman–Crippen MR) is 82.6 cm³/mol. The molecule has 0 saturated carbocycles. The van der Waals surface area contributed by atoms with E-state index in [1.807, 2.05) is 0 Å². The van der Waals surface area contributed by atoms with Gasteiger partial charge in [0.1, 0.15) is 9.84 Å². The van der Waals surface area contributed by atoms with Crippen LogP contribution in [0.25, 0.3) is 0 Å². The van der Waals surface area contributed by atoms with Crippen molar-refractivity contribution in [2.24, 2.45) is 5.92 Å². The quantitative estimate of drug-likeness (QED) is 0.777. The summed E-state index contributed by atoms with van der Waals surface area (Å²) in [6, 6.07) is 3.30. The number of carbonyl (C=O) groups excluding carboxylic acids is 2. The summed E-state index contributed by atoms with van der Waals surface area (Å²) in [5, 5.41) is 0. The first kappa shape index (κ1) is 16.0. The second kappa shape index (κ2) is 6.35. The highest BCUT2D eigenvalue weighted by atomic mass is 32.2. The molecule has 0 spiro atoms. The maximum atomic E-state index is 12.5. The van der Waals surface area contributed by atoms with Crippen molar-refractivity contribution in [3.63, 3.8) is 0 Å². The van der Waals surface area contributed by atoms with Crippen molar-refractivity contribution in [3.8, 4) is 0 Å². The summed E-state index contributed by atoms with van der Waals surface area (Å²) < 4.78 is 28.0. The second-order valence-electron chi connectivity index (χ2n) is 6.02. The maximum absolute atomic E-state index is 12.5. The Balaban J connectivity index is 1.53. The summed E-state index contributed by atoms with van der Waals surface area (Å²) in [6.07, 6.45) is 2.28. The number of carbonyl (C=O) groups is 2. The molecular formula is C15H20N2O5S. The van der Waals surface area contributed by atoms with Crippen molar-refractivity contribution >= 4 is 21.7 Å². The molecule has 0 radical (unpaired) electrons. The minimum atomic E-state index is -2.96. The van der Waals surface area contributed by atoms with E-state index < -0.39 is 9.84 Å². The highest BCUT2D eigenvalue weighted by Gasteiger charge is 2.33. The molecule has 3 heterocycles. The lowest BCUT2D eigenvalue weighted by atomic mass is 10.0. The van der Waals surface area contributed by atoms with Crippen molar-refractivity contribution in [3.05, 3.63) is 24.2 Å². The van der Waals surface area contributed by atoms with Crippen LogP contribution in [0.15, 0.2) is 22.8 Å². The van der Waals surface area contributed by atoms with E-state index in [4.69, 9.17) is 4.42 Å². The molecule has 2 aliphatic rings. The molecule has 0 unspecified atom stereocenters. The summed E-state index contributed by atoms with van der Waals surface area (Å²) in [6.45, 7) is 1.90. The molecule has 3 rings (SSSR count). The van der Waals surface area contributed by atoms with Crippen LogP contribution in [-0.2, 0) is 14.6 Å². The van der Waals surface area contributed by atoms with E-state index in [9.17, 15) is 18.0 Å². The average molecular weight is 340 g/mol. The Bertz CT molecular complexity index is 661. The van der Waals surface area contributed by atoms with E-state index in [1.165, 1.54) is 6.26 Å². The van der Waals surface area contributed by atoms with Gasteiger partial charge in [0.15, 0.2) is 5.76 Å². The second-order valence-corrected chi connectivity index (χ2v) is 8.32. The Morgan fingerprint density at radius 2 is 1.65 bits per heavy atom. The first-order valence-corrected chi connectivity index (χ1v) is 9.60. The fourth-order valence-corrected chi connectivity index (χ4v) is 4.57. The van der Waals surface area contributed by atoms with E-state index in [0.717, 1.165) is 0 Å². The summed E-state index contributed by atoms with van der Waals surface area (Å²) in [5.41, 5.74) is 0. The lowest BCUT2D eigenvalue weighted by Crippen LogP contribution is -2.52. The number of hydrogen-bond donors (Lipinski definition) is 0. The third-order valence-corrected chi connectivity index (χ3v) is 6.23. The lowest BCUT2D eigenvalue weighted by molar-refractivity contribution is -0.137. The molecule has 23 heavy (non-hydrogen) atoms. The monoisotopic (exact) mass is 340 g/mol. The van der Waals surface area contributed by atoms with Crippen molar-refractivity contribution < 1.29 is 22.4 Å². The number of piperazine rings is 1. The molecule has 2 aliphatic heterocycles. The largest absolute Gasteiger partial charge is 0.459 e. The van der Waals surface area contributed by atoms with Crippen molar-refractivity contribution in [2.75, 3.05) is 37.7 Å². The highest BCUT2D eigenvalue weighted by Crippen LogP contribution is 2.22. The average Bonchev–Trinajstić information content (AvgIpc) is 3.08. The normalized spacial score (nSPS) is 22.1. The van der Waals surface area contributed by atoms with Gasteiger partial charge in [0.2, 0.25) is 5.91 Å². The predicted octanol–water partition coefficient (Wildman–Crippen LogP) is 0.389. The molecule has 0 bridgehead atoms. The van der Waals surface area contributed by atoms with Gasteiger partial charge in [-0.25, -0.2) is 8.42 Å². The van der Waals surface area contributed by atoms with E-state index in [0.29, 0.717) is 44.8 Å². The molecule has 0 aliphatic carbocycles. The van der Waals surface area contributed by atoms with Gasteiger partial charge in [-0.3, -0.25) is 9.59 Å². The van der Waals surface area contributed by atoms with Gasteiger partial charge in [-0.15, -0.1) is 0 Å². The molecule has 7 nitrogen and oxygen atoms in total. The first-order chi connectivity index (χ1) is 11.0. The highest BCUT2D eigenvalue weighted by molar-refractivity contribution is 7.91. The Morgan fingerprint density at radius 3 is 2.22 bits per heavy atom. The molecule has 1 aromatic heterocycles. The Kier molecular flexibility index (Phi) is 4.43. The van der Waals surface area contributed by atoms with Gasteiger partial charge >= 0.3 is 0 Å². The molecule has 2 saturated heterocycles. The Labute approximate surface area is 135 Å². The van der Waals surface area contributed by atoms with E-state index in [1.54, 1.807) is 21.9 Å². The SMILES string of the molecule is O=C(c1ccco1)N1CCN(C(=O)C2CCS(=O)(=O)CC2)CC1. The molecule has 126 valence electrons. The number of rotatable bonds is 2. The van der Waals surface area contributed by atoms with Crippen molar-refractivity contribution in [1.82, 2.24) is 9.80 Å². The molecule has 2 fully saturated rings. The van der Waals surface area contributed by atoms with Crippen molar-refractivity contribution in [1.29, 1.82) is 0 Å². The number of nitrogens with zero attached hydrogens (tertiary/aromatic N) is 2. The smallest absolute Gasteiger partial charge is 0.289 e. The lowest BCUT2D eigenvalue weighted by Gasteiger charge is -2.36. The topological polar surface area (TPSA) is 87.9 Å². The fourth-order valence-electron chi connectivity index (χ4n) is 3.08. The van der Waals surface area contributed by atoms with Gasteiger partial charge in [0.05, 0.1) is 17.8 Å². The van der Waals surface area contributed by atoms with Gasteiger partial charge in [0, 0.05) is 32.1 Å². The van der Waals surface area contributed by atoms with Gasteiger partial charge in [0.25, 0.3) is 5.91 Å². The standard InChI is InChI=1S/C15H20N2O5S/c18-14(12-3-10-23(20,21)11-4-12)16-5-7-17(8-6-16)15(19)13-2-1-9-22-13/h1-2,9,12H,3-8,10-11H2. The van der Waals surface area contributed by atoms with Crippen LogP contribution in [-0.4, -0.2) is 67.7 Å². The summed E-state index contributed by atoms with van der Waals surface area (Å²) in [4.78, 5) is 28.1. The third-order valence-electron chi connectivity index (χ3n) is 4.51. The van der Waals surface area contributed by atoms with Gasteiger partial charge < -0.3 is 14.2 Å². The van der Waals surface area contributed by atoms with Gasteiger partial charge in [-0.2, -0.15) is 0 Å². The summed E-state index contributed by atoms with van der Waals surface area (Å²) in [7, 11) is -2.96. The number of hydrogen-bond acceptors (Lipinski definition) is 5. The summed E-state index contributed by atoms with van der Waals surface area (Å²) >= 11 is 0. The van der Waals surface area contributed by atoms with Crippen LogP contribution in [0, 0.1) is 5.92 Å². The maximum Gasteiger partial charge on any atom is 0.289 e. The zero-order valence-corrected chi connectivity index (χ0v) is 13.6. The molecule has 0 N–H and O–H groups in total. The van der Waals surface area contributed by atoms with E-state index in [2.05, 4.69) is 0 Å². The molecule has 0 aromatic carbocycles. The molecule has 8 heteroatoms. The third kappa shape index (κ3) is 3.57. The Morgan fingerprint density at radius 1 is 1.04 bits per heavy atom.